The van der Waals surface area contributed by atoms with Gasteiger partial charge in [0.1, 0.15) is 0 Å². The van der Waals surface area contributed by atoms with Crippen LogP contribution in [0.2, 0.25) is 0 Å². The largest absolute Gasteiger partial charge is 0.392 e. The van der Waals surface area contributed by atoms with Crippen LogP contribution in [0.5, 0.6) is 0 Å². The van der Waals surface area contributed by atoms with E-state index in [1.54, 1.807) is 6.20 Å². The molecule has 146 valence electrons. The van der Waals surface area contributed by atoms with Crippen molar-refractivity contribution in [3.05, 3.63) is 89.2 Å². The van der Waals surface area contributed by atoms with Crippen molar-refractivity contribution < 1.29 is 5.11 Å². The van der Waals surface area contributed by atoms with E-state index in [0.29, 0.717) is 13.1 Å². The lowest BCUT2D eigenvalue weighted by atomic mass is 10.1. The molecule has 2 aromatic carbocycles. The van der Waals surface area contributed by atoms with Crippen molar-refractivity contribution in [2.75, 3.05) is 6.54 Å². The van der Waals surface area contributed by atoms with Crippen LogP contribution in [0.3, 0.4) is 0 Å². The van der Waals surface area contributed by atoms with Gasteiger partial charge in [-0.3, -0.25) is 4.68 Å². The number of hydrogen-bond donors (Lipinski definition) is 3. The van der Waals surface area contributed by atoms with Gasteiger partial charge in [0.15, 0.2) is 5.96 Å². The van der Waals surface area contributed by atoms with Crippen molar-refractivity contribution in [2.24, 2.45) is 4.99 Å². The Morgan fingerprint density at radius 3 is 2.36 bits per heavy atom. The van der Waals surface area contributed by atoms with E-state index >= 15 is 0 Å². The van der Waals surface area contributed by atoms with Crippen LogP contribution in [0.25, 0.3) is 0 Å². The number of aliphatic hydroxyl groups excluding tert-OH is 1. The van der Waals surface area contributed by atoms with Crippen LogP contribution in [0, 0.1) is 0 Å². The minimum Gasteiger partial charge on any atom is -0.392 e. The molecule has 1 aromatic heterocycles. The molecule has 28 heavy (non-hydrogen) atoms. The van der Waals surface area contributed by atoms with Crippen LogP contribution in [-0.2, 0) is 26.2 Å². The van der Waals surface area contributed by atoms with Crippen LogP contribution in [-0.4, -0.2) is 27.4 Å². The second kappa shape index (κ2) is 10.3. The summed E-state index contributed by atoms with van der Waals surface area (Å²) >= 11 is 0. The van der Waals surface area contributed by atoms with Crippen LogP contribution in [0.4, 0.5) is 0 Å². The molecular weight excluding hydrogens is 350 g/mol. The van der Waals surface area contributed by atoms with E-state index in [2.05, 4.69) is 32.9 Å². The van der Waals surface area contributed by atoms with Gasteiger partial charge in [-0.25, -0.2) is 4.99 Å². The molecule has 0 amide bonds. The van der Waals surface area contributed by atoms with Crippen LogP contribution in [0.1, 0.15) is 29.2 Å². The summed E-state index contributed by atoms with van der Waals surface area (Å²) in [7, 11) is 0. The molecule has 6 heteroatoms. The molecule has 0 aliphatic heterocycles. The number of aromatic nitrogens is 2. The Morgan fingerprint density at radius 1 is 0.964 bits per heavy atom. The molecule has 0 fully saturated rings. The molecule has 3 N–H and O–H groups in total. The van der Waals surface area contributed by atoms with E-state index in [0.717, 1.165) is 30.2 Å². The van der Waals surface area contributed by atoms with Crippen molar-refractivity contribution in [2.45, 2.75) is 33.2 Å². The molecule has 0 aliphatic rings. The summed E-state index contributed by atoms with van der Waals surface area (Å²) in [6.45, 7) is 4.78. The first kappa shape index (κ1) is 19.6. The summed E-state index contributed by atoms with van der Waals surface area (Å²) in [5.41, 5.74) is 4.37. The van der Waals surface area contributed by atoms with E-state index in [9.17, 15) is 5.11 Å². The van der Waals surface area contributed by atoms with E-state index in [1.807, 2.05) is 60.3 Å². The van der Waals surface area contributed by atoms with Gasteiger partial charge in [-0.1, -0.05) is 48.5 Å². The lowest BCUT2D eigenvalue weighted by Crippen LogP contribution is -2.37. The van der Waals surface area contributed by atoms with E-state index in [1.165, 1.54) is 11.1 Å². The SMILES string of the molecule is CCNC(=NCc1ccccc1CO)NCc1ccccc1Cn1cccn1. The molecule has 3 rings (SSSR count). The van der Waals surface area contributed by atoms with Crippen molar-refractivity contribution in [3.8, 4) is 0 Å². The third-order valence-corrected chi connectivity index (χ3v) is 4.50. The lowest BCUT2D eigenvalue weighted by molar-refractivity contribution is 0.280. The van der Waals surface area contributed by atoms with Gasteiger partial charge < -0.3 is 15.7 Å². The van der Waals surface area contributed by atoms with E-state index < -0.39 is 0 Å². The third kappa shape index (κ3) is 5.44. The summed E-state index contributed by atoms with van der Waals surface area (Å²) in [4.78, 5) is 4.68. The van der Waals surface area contributed by atoms with Crippen molar-refractivity contribution >= 4 is 5.96 Å². The molecule has 0 radical (unpaired) electrons. The quantitative estimate of drug-likeness (QED) is 0.417. The fourth-order valence-electron chi connectivity index (χ4n) is 3.00. The smallest absolute Gasteiger partial charge is 0.191 e. The second-order valence-electron chi connectivity index (χ2n) is 6.45. The Hall–Kier alpha value is -3.12. The van der Waals surface area contributed by atoms with Gasteiger partial charge in [0.2, 0.25) is 0 Å². The monoisotopic (exact) mass is 377 g/mol. The Morgan fingerprint density at radius 2 is 1.68 bits per heavy atom. The van der Waals surface area contributed by atoms with Crippen molar-refractivity contribution in [3.63, 3.8) is 0 Å². The number of nitrogens with one attached hydrogen (secondary N) is 2. The average Bonchev–Trinajstić information content (AvgIpc) is 3.24. The van der Waals surface area contributed by atoms with Gasteiger partial charge in [-0.2, -0.15) is 5.10 Å². The normalized spacial score (nSPS) is 11.4. The molecular formula is C22H27N5O. The zero-order valence-electron chi connectivity index (χ0n) is 16.2. The lowest BCUT2D eigenvalue weighted by Gasteiger charge is -2.14. The number of hydrogen-bond acceptors (Lipinski definition) is 3. The standard InChI is InChI=1S/C22H27N5O/c1-2-23-22(25-15-19-9-4-6-11-21(19)17-28)24-14-18-8-3-5-10-20(18)16-27-13-7-12-26-27/h3-13,28H,2,14-17H2,1H3,(H2,23,24,25). The van der Waals surface area contributed by atoms with Gasteiger partial charge >= 0.3 is 0 Å². The molecule has 6 nitrogen and oxygen atoms in total. The highest BCUT2D eigenvalue weighted by Gasteiger charge is 2.05. The summed E-state index contributed by atoms with van der Waals surface area (Å²) in [5.74, 6) is 0.754. The summed E-state index contributed by atoms with van der Waals surface area (Å²) in [6, 6.07) is 18.1. The molecule has 0 atom stereocenters. The summed E-state index contributed by atoms with van der Waals surface area (Å²) in [5, 5.41) is 20.5. The molecule has 0 spiro atoms. The zero-order valence-corrected chi connectivity index (χ0v) is 16.2. The fraction of sp³-hybridized carbons (Fsp3) is 0.273. The van der Waals surface area contributed by atoms with E-state index in [-0.39, 0.29) is 6.61 Å². The molecule has 0 saturated carbocycles. The predicted octanol–water partition coefficient (Wildman–Crippen LogP) is 2.68. The van der Waals surface area contributed by atoms with Crippen molar-refractivity contribution in [1.82, 2.24) is 20.4 Å². The molecule has 0 aliphatic carbocycles. The first-order valence-electron chi connectivity index (χ1n) is 9.54. The third-order valence-electron chi connectivity index (χ3n) is 4.50. The Labute approximate surface area is 165 Å². The number of aliphatic hydroxyl groups is 1. The Balaban J connectivity index is 1.68. The van der Waals surface area contributed by atoms with Crippen molar-refractivity contribution in [1.29, 1.82) is 0 Å². The molecule has 0 saturated heterocycles. The van der Waals surface area contributed by atoms with Gasteiger partial charge in [0, 0.05) is 25.5 Å². The minimum absolute atomic E-state index is 0.0243. The van der Waals surface area contributed by atoms with Gasteiger partial charge in [0.25, 0.3) is 0 Å². The van der Waals surface area contributed by atoms with Gasteiger partial charge in [-0.05, 0) is 35.2 Å². The maximum Gasteiger partial charge on any atom is 0.191 e. The zero-order chi connectivity index (χ0) is 19.6. The highest BCUT2D eigenvalue weighted by Crippen LogP contribution is 2.11. The number of benzene rings is 2. The van der Waals surface area contributed by atoms with Crippen LogP contribution < -0.4 is 10.6 Å². The molecule has 0 bridgehead atoms. The molecule has 3 aromatic rings. The maximum absolute atomic E-state index is 9.49. The van der Waals surface area contributed by atoms with E-state index in [4.69, 9.17) is 0 Å². The van der Waals surface area contributed by atoms with Crippen LogP contribution in [0.15, 0.2) is 72.0 Å². The number of nitrogens with zero attached hydrogens (tertiary/aromatic N) is 3. The highest BCUT2D eigenvalue weighted by atomic mass is 16.3. The first-order chi connectivity index (χ1) is 13.8. The summed E-state index contributed by atoms with van der Waals surface area (Å²) < 4.78 is 1.92. The number of rotatable bonds is 8. The van der Waals surface area contributed by atoms with Gasteiger partial charge in [0.05, 0.1) is 19.7 Å². The summed E-state index contributed by atoms with van der Waals surface area (Å²) in [6.07, 6.45) is 3.76. The topological polar surface area (TPSA) is 74.5 Å². The highest BCUT2D eigenvalue weighted by molar-refractivity contribution is 5.79. The molecule has 1 heterocycles. The Kier molecular flexibility index (Phi) is 7.21. The van der Waals surface area contributed by atoms with Crippen LogP contribution >= 0.6 is 0 Å². The molecule has 0 unspecified atom stereocenters. The number of guanidine groups is 1. The second-order valence-corrected chi connectivity index (χ2v) is 6.45. The first-order valence-corrected chi connectivity index (χ1v) is 9.54. The maximum atomic E-state index is 9.49. The predicted molar refractivity (Wildman–Crippen MR) is 112 cm³/mol. The number of aliphatic imine (C=N–C) groups is 1. The fourth-order valence-corrected chi connectivity index (χ4v) is 3.00. The van der Waals surface area contributed by atoms with Gasteiger partial charge in [-0.15, -0.1) is 0 Å². The minimum atomic E-state index is 0.0243. The average molecular weight is 377 g/mol. The Bertz CT molecular complexity index is 889.